The first-order valence-corrected chi connectivity index (χ1v) is 6.37. The fraction of sp³-hybridized carbons (Fsp3) is 0.364. The number of anilines is 1. The molecule has 5 nitrogen and oxygen atoms in total. The van der Waals surface area contributed by atoms with Crippen LogP contribution in [-0.4, -0.2) is 34.5 Å². The first-order valence-electron chi connectivity index (χ1n) is 5.39. The molecule has 1 heterocycles. The van der Waals surface area contributed by atoms with Crippen molar-refractivity contribution in [2.45, 2.75) is 17.4 Å². The smallest absolute Gasteiger partial charge is 0.327 e. The third-order valence-corrected chi connectivity index (χ3v) is 3.76. The van der Waals surface area contributed by atoms with Crippen molar-refractivity contribution in [1.29, 1.82) is 0 Å². The molecule has 1 aliphatic heterocycles. The Kier molecular flexibility index (Phi) is 3.44. The molecule has 1 atom stereocenters. The maximum atomic E-state index is 10.9. The van der Waals surface area contributed by atoms with Crippen LogP contribution in [0.25, 0.3) is 0 Å². The largest absolute Gasteiger partial charge is 0.506 e. The van der Waals surface area contributed by atoms with Gasteiger partial charge < -0.3 is 21.3 Å². The van der Waals surface area contributed by atoms with E-state index >= 15 is 0 Å². The van der Waals surface area contributed by atoms with Gasteiger partial charge in [0, 0.05) is 17.1 Å². The van der Waals surface area contributed by atoms with Crippen molar-refractivity contribution in [3.8, 4) is 5.75 Å². The highest BCUT2D eigenvalue weighted by atomic mass is 32.2. The molecule has 0 radical (unpaired) electrons. The van der Waals surface area contributed by atoms with Gasteiger partial charge in [-0.25, -0.2) is 4.79 Å². The molecule has 1 aliphatic rings. The summed E-state index contributed by atoms with van der Waals surface area (Å²) in [5.41, 5.74) is 5.33. The number of carbonyl (C=O) groups is 1. The van der Waals surface area contributed by atoms with Gasteiger partial charge in [-0.1, -0.05) is 0 Å². The van der Waals surface area contributed by atoms with Crippen molar-refractivity contribution in [2.75, 3.05) is 17.6 Å². The Bertz CT molecular complexity index is 451. The maximum absolute atomic E-state index is 10.9. The number of carboxylic acid groups (broad SMARTS) is 1. The number of benzene rings is 1. The Labute approximate surface area is 103 Å². The van der Waals surface area contributed by atoms with Gasteiger partial charge in [0.1, 0.15) is 11.8 Å². The van der Waals surface area contributed by atoms with Gasteiger partial charge in [-0.2, -0.15) is 0 Å². The minimum absolute atomic E-state index is 0.115. The van der Waals surface area contributed by atoms with Gasteiger partial charge in [-0.05, 0) is 17.7 Å². The average Bonchev–Trinajstić information content (AvgIpc) is 2.29. The first kappa shape index (κ1) is 12.1. The summed E-state index contributed by atoms with van der Waals surface area (Å²) in [6.07, 6.45) is 0.809. The molecule has 92 valence electrons. The van der Waals surface area contributed by atoms with E-state index in [1.54, 1.807) is 6.07 Å². The second kappa shape index (κ2) is 4.85. The van der Waals surface area contributed by atoms with Gasteiger partial charge in [0.05, 0.1) is 12.2 Å². The standard InChI is InChI=1S/C11H14N2O3S/c12-2-1-6-3-8(14)10-9(4-6)17-5-7(13-10)11(15)16/h3-4,7,13-14H,1-2,5,12H2,(H,15,16)/p+1. The number of phenolic OH excluding ortho intramolecular Hbond substituents is 1. The van der Waals surface area contributed by atoms with Crippen LogP contribution in [0.15, 0.2) is 17.0 Å². The molecule has 0 bridgehead atoms. The summed E-state index contributed by atoms with van der Waals surface area (Å²) in [5, 5.41) is 21.7. The number of carboxylic acids is 1. The Hall–Kier alpha value is -1.40. The number of phenols is 1. The molecule has 0 saturated heterocycles. The predicted octanol–water partition coefficient (Wildman–Crippen LogP) is 0.147. The second-order valence-electron chi connectivity index (χ2n) is 3.94. The van der Waals surface area contributed by atoms with Crippen molar-refractivity contribution in [1.82, 2.24) is 0 Å². The number of hydrogen-bond acceptors (Lipinski definition) is 4. The van der Waals surface area contributed by atoms with E-state index in [-0.39, 0.29) is 5.75 Å². The quantitative estimate of drug-likeness (QED) is 0.576. The monoisotopic (exact) mass is 255 g/mol. The maximum Gasteiger partial charge on any atom is 0.327 e. The summed E-state index contributed by atoms with van der Waals surface area (Å²) in [4.78, 5) is 11.8. The molecule has 2 rings (SSSR count). The molecule has 0 aliphatic carbocycles. The zero-order valence-corrected chi connectivity index (χ0v) is 10.1. The lowest BCUT2D eigenvalue weighted by Gasteiger charge is -2.24. The number of fused-ring (bicyclic) bond motifs is 1. The molecule has 0 fully saturated rings. The molecule has 0 amide bonds. The molecular formula is C11H15N2O3S+. The van der Waals surface area contributed by atoms with E-state index in [1.165, 1.54) is 11.8 Å². The highest BCUT2D eigenvalue weighted by Gasteiger charge is 2.26. The highest BCUT2D eigenvalue weighted by Crippen LogP contribution is 2.40. The third-order valence-electron chi connectivity index (χ3n) is 2.63. The molecule has 6 heteroatoms. The van der Waals surface area contributed by atoms with Gasteiger partial charge in [0.2, 0.25) is 0 Å². The Morgan fingerprint density at radius 1 is 1.59 bits per heavy atom. The number of hydrogen-bond donors (Lipinski definition) is 4. The summed E-state index contributed by atoms with van der Waals surface area (Å²) >= 11 is 1.46. The summed E-state index contributed by atoms with van der Waals surface area (Å²) in [6, 6.07) is 3.01. The zero-order chi connectivity index (χ0) is 12.4. The van der Waals surface area contributed by atoms with E-state index in [9.17, 15) is 9.90 Å². The predicted molar refractivity (Wildman–Crippen MR) is 65.3 cm³/mol. The summed E-state index contributed by atoms with van der Waals surface area (Å²) in [6.45, 7) is 0.772. The molecule has 1 unspecified atom stereocenters. The van der Waals surface area contributed by atoms with E-state index in [2.05, 4.69) is 11.1 Å². The van der Waals surface area contributed by atoms with Crippen LogP contribution in [0.3, 0.4) is 0 Å². The SMILES string of the molecule is [NH3+]CCc1cc(O)c2c(c1)SCC(C(=O)O)N2. The van der Waals surface area contributed by atoms with Crippen LogP contribution in [-0.2, 0) is 11.2 Å². The van der Waals surface area contributed by atoms with Gasteiger partial charge in [-0.3, -0.25) is 0 Å². The van der Waals surface area contributed by atoms with Crippen molar-refractivity contribution in [3.05, 3.63) is 17.7 Å². The number of nitrogens with one attached hydrogen (secondary N) is 1. The van der Waals surface area contributed by atoms with Crippen molar-refractivity contribution < 1.29 is 20.7 Å². The fourth-order valence-electron chi connectivity index (χ4n) is 1.79. The number of aromatic hydroxyl groups is 1. The molecule has 1 aromatic rings. The van der Waals surface area contributed by atoms with E-state index < -0.39 is 12.0 Å². The van der Waals surface area contributed by atoms with Crippen molar-refractivity contribution in [3.63, 3.8) is 0 Å². The van der Waals surface area contributed by atoms with E-state index in [0.717, 1.165) is 23.4 Å². The Balaban J connectivity index is 2.30. The number of thioether (sulfide) groups is 1. The highest BCUT2D eigenvalue weighted by molar-refractivity contribution is 7.99. The number of aliphatic carboxylic acids is 1. The van der Waals surface area contributed by atoms with Crippen LogP contribution in [0.1, 0.15) is 5.56 Å². The summed E-state index contributed by atoms with van der Waals surface area (Å²) in [5.74, 6) is -0.316. The molecule has 6 N–H and O–H groups in total. The zero-order valence-electron chi connectivity index (χ0n) is 9.27. The van der Waals surface area contributed by atoms with Crippen LogP contribution in [0.4, 0.5) is 5.69 Å². The van der Waals surface area contributed by atoms with Crippen LogP contribution in [0.5, 0.6) is 5.75 Å². The minimum Gasteiger partial charge on any atom is -0.506 e. The molecule has 1 aromatic carbocycles. The van der Waals surface area contributed by atoms with E-state index in [1.807, 2.05) is 6.07 Å². The minimum atomic E-state index is -0.899. The topological polar surface area (TPSA) is 97.2 Å². The fourth-order valence-corrected chi connectivity index (χ4v) is 2.90. The lowest BCUT2D eigenvalue weighted by molar-refractivity contribution is -0.366. The molecule has 0 spiro atoms. The molecule has 0 saturated carbocycles. The molecular weight excluding hydrogens is 240 g/mol. The van der Waals surface area contributed by atoms with E-state index in [4.69, 9.17) is 5.11 Å². The third kappa shape index (κ3) is 2.48. The molecule has 0 aromatic heterocycles. The summed E-state index contributed by atoms with van der Waals surface area (Å²) in [7, 11) is 0. The number of rotatable bonds is 3. The lowest BCUT2D eigenvalue weighted by Crippen LogP contribution is -2.51. The number of quaternary nitrogens is 1. The van der Waals surface area contributed by atoms with Crippen LogP contribution in [0.2, 0.25) is 0 Å². The van der Waals surface area contributed by atoms with Gasteiger partial charge in [0.25, 0.3) is 0 Å². The lowest BCUT2D eigenvalue weighted by atomic mass is 10.1. The van der Waals surface area contributed by atoms with E-state index in [0.29, 0.717) is 11.4 Å². The van der Waals surface area contributed by atoms with Crippen LogP contribution >= 0.6 is 11.8 Å². The van der Waals surface area contributed by atoms with Gasteiger partial charge in [0.15, 0.2) is 0 Å². The van der Waals surface area contributed by atoms with Gasteiger partial charge >= 0.3 is 5.97 Å². The Morgan fingerprint density at radius 2 is 2.35 bits per heavy atom. The van der Waals surface area contributed by atoms with Gasteiger partial charge in [-0.15, -0.1) is 11.8 Å². The average molecular weight is 255 g/mol. The van der Waals surface area contributed by atoms with Crippen molar-refractivity contribution in [2.24, 2.45) is 0 Å². The van der Waals surface area contributed by atoms with Crippen molar-refractivity contribution >= 4 is 23.4 Å². The molecule has 17 heavy (non-hydrogen) atoms. The second-order valence-corrected chi connectivity index (χ2v) is 5.00. The summed E-state index contributed by atoms with van der Waals surface area (Å²) < 4.78 is 0. The van der Waals surface area contributed by atoms with Crippen LogP contribution < -0.4 is 11.1 Å². The Morgan fingerprint density at radius 3 is 3.00 bits per heavy atom. The first-order chi connectivity index (χ1) is 8.11. The normalized spacial score (nSPS) is 18.3. The van der Waals surface area contributed by atoms with Crippen LogP contribution in [0, 0.1) is 0 Å².